The van der Waals surface area contributed by atoms with Crippen LogP contribution in [0.5, 0.6) is 0 Å². The smallest absolute Gasteiger partial charge is 0.248 e. The third-order valence-corrected chi connectivity index (χ3v) is 3.05. The zero-order valence-corrected chi connectivity index (χ0v) is 10.4. The molecule has 0 aliphatic carbocycles. The summed E-state index contributed by atoms with van der Waals surface area (Å²) < 4.78 is 48.7. The Hall–Kier alpha value is -0.880. The predicted octanol–water partition coefficient (Wildman–Crippen LogP) is 2.89. The van der Waals surface area contributed by atoms with Crippen LogP contribution in [0, 0.1) is 5.92 Å². The number of rotatable bonds is 3. The van der Waals surface area contributed by atoms with Crippen molar-refractivity contribution in [3.05, 3.63) is 29.3 Å². The molecule has 0 saturated carbocycles. The van der Waals surface area contributed by atoms with E-state index in [2.05, 4.69) is 0 Å². The summed E-state index contributed by atoms with van der Waals surface area (Å²) in [6.45, 7) is 3.86. The summed E-state index contributed by atoms with van der Waals surface area (Å²) in [5.74, 6) is 0.258. The van der Waals surface area contributed by atoms with Crippen molar-refractivity contribution in [2.24, 2.45) is 11.1 Å². The number of hydrogen-bond donors (Lipinski definition) is 1. The molecule has 2 nitrogen and oxygen atoms in total. The van der Waals surface area contributed by atoms with Gasteiger partial charge in [0, 0.05) is 0 Å². The molecule has 0 spiro atoms. The molecule has 1 atom stereocenters. The second-order valence-corrected chi connectivity index (χ2v) is 5.25. The molecule has 0 aliphatic rings. The molecule has 0 heterocycles. The molecule has 0 aliphatic heterocycles. The lowest BCUT2D eigenvalue weighted by molar-refractivity contribution is -0.137. The lowest BCUT2D eigenvalue weighted by Crippen LogP contribution is -2.12. The van der Waals surface area contributed by atoms with Gasteiger partial charge >= 0.3 is 6.18 Å². The average Bonchev–Trinajstić information content (AvgIpc) is 2.15. The van der Waals surface area contributed by atoms with Crippen molar-refractivity contribution in [1.29, 1.82) is 0 Å². The molecule has 2 N–H and O–H groups in total. The number of hydrogen-bond acceptors (Lipinski definition) is 1. The second kappa shape index (κ2) is 5.18. The molecule has 0 bridgehead atoms. The maximum Gasteiger partial charge on any atom is 0.416 e. The fourth-order valence-corrected chi connectivity index (χ4v) is 2.18. The largest absolute Gasteiger partial charge is 0.416 e. The normalized spacial score (nSPS) is 14.1. The van der Waals surface area contributed by atoms with E-state index in [1.54, 1.807) is 0 Å². The van der Waals surface area contributed by atoms with Gasteiger partial charge in [-0.1, -0.05) is 19.9 Å². The van der Waals surface area contributed by atoms with Crippen LogP contribution in [0.25, 0.3) is 0 Å². The molecule has 1 rings (SSSR count). The Morgan fingerprint density at radius 1 is 1.35 bits per heavy atom. The maximum atomic E-state index is 12.5. The Balaban J connectivity index is 3.22. The Morgan fingerprint density at radius 3 is 2.35 bits per heavy atom. The molecule has 0 amide bonds. The molecule has 0 fully saturated rings. The summed E-state index contributed by atoms with van der Waals surface area (Å²) in [4.78, 5) is 0.0634. The van der Waals surface area contributed by atoms with E-state index in [1.807, 2.05) is 13.8 Å². The number of alkyl halides is 3. The Morgan fingerprint density at radius 2 is 1.94 bits per heavy atom. The molecular weight excluding hydrogens is 251 g/mol. The quantitative estimate of drug-likeness (QED) is 0.897. The molecular formula is C11H14F3NOS. The highest BCUT2D eigenvalue weighted by Crippen LogP contribution is 2.31. The van der Waals surface area contributed by atoms with Crippen LogP contribution in [0.4, 0.5) is 13.2 Å². The zero-order chi connectivity index (χ0) is 13.2. The van der Waals surface area contributed by atoms with Gasteiger partial charge in [-0.25, -0.2) is 9.35 Å². The van der Waals surface area contributed by atoms with Gasteiger partial charge in [-0.3, -0.25) is 0 Å². The van der Waals surface area contributed by atoms with Gasteiger partial charge in [0.1, 0.15) is 11.0 Å². The first-order valence-electron chi connectivity index (χ1n) is 5.08. The highest BCUT2D eigenvalue weighted by molar-refractivity contribution is 7.82. The van der Waals surface area contributed by atoms with E-state index >= 15 is 0 Å². The summed E-state index contributed by atoms with van der Waals surface area (Å²) >= 11 is 0. The molecule has 6 heteroatoms. The van der Waals surface area contributed by atoms with E-state index in [0.717, 1.165) is 12.1 Å². The van der Waals surface area contributed by atoms with Gasteiger partial charge in [-0.2, -0.15) is 13.2 Å². The van der Waals surface area contributed by atoms with Gasteiger partial charge in [0.25, 0.3) is 0 Å². The van der Waals surface area contributed by atoms with Gasteiger partial charge in [0.2, 0.25) is 0 Å². The van der Waals surface area contributed by atoms with Crippen LogP contribution in [-0.2, 0) is 23.6 Å². The molecule has 1 aromatic rings. The third-order valence-electron chi connectivity index (χ3n) is 2.24. The van der Waals surface area contributed by atoms with E-state index in [1.165, 1.54) is 6.07 Å². The van der Waals surface area contributed by atoms with Crippen molar-refractivity contribution >= 4 is 11.0 Å². The lowest BCUT2D eigenvalue weighted by atomic mass is 10.0. The van der Waals surface area contributed by atoms with Crippen molar-refractivity contribution < 1.29 is 17.4 Å². The summed E-state index contributed by atoms with van der Waals surface area (Å²) in [7, 11) is -1.90. The van der Waals surface area contributed by atoms with Crippen LogP contribution in [0.15, 0.2) is 23.1 Å². The summed E-state index contributed by atoms with van der Waals surface area (Å²) in [6.07, 6.45) is -3.89. The van der Waals surface area contributed by atoms with Crippen molar-refractivity contribution in [2.45, 2.75) is 31.3 Å². The first-order valence-corrected chi connectivity index (χ1v) is 6.29. The highest BCUT2D eigenvalue weighted by atomic mass is 32.2. The van der Waals surface area contributed by atoms with Crippen LogP contribution in [-0.4, -0.2) is 4.21 Å². The summed E-state index contributed by atoms with van der Waals surface area (Å²) in [6, 6.07) is 3.21. The number of benzene rings is 1. The van der Waals surface area contributed by atoms with Gasteiger partial charge in [0.05, 0.1) is 10.5 Å². The van der Waals surface area contributed by atoms with E-state index in [4.69, 9.17) is 5.14 Å². The summed E-state index contributed by atoms with van der Waals surface area (Å²) in [5.41, 5.74) is -0.215. The van der Waals surface area contributed by atoms with Crippen LogP contribution in [0.1, 0.15) is 25.0 Å². The molecule has 0 radical (unpaired) electrons. The van der Waals surface area contributed by atoms with Crippen molar-refractivity contribution in [3.8, 4) is 0 Å². The zero-order valence-electron chi connectivity index (χ0n) is 9.54. The van der Waals surface area contributed by atoms with Crippen LogP contribution in [0.3, 0.4) is 0 Å². The predicted molar refractivity (Wildman–Crippen MR) is 60.6 cm³/mol. The van der Waals surface area contributed by atoms with Gasteiger partial charge in [-0.05, 0) is 30.0 Å². The van der Waals surface area contributed by atoms with Crippen LogP contribution < -0.4 is 5.14 Å². The molecule has 1 aromatic carbocycles. The fraction of sp³-hybridized carbons (Fsp3) is 0.455. The van der Waals surface area contributed by atoms with Crippen LogP contribution >= 0.6 is 0 Å². The average molecular weight is 265 g/mol. The third kappa shape index (κ3) is 3.81. The first-order chi connectivity index (χ1) is 7.71. The van der Waals surface area contributed by atoms with E-state index in [-0.39, 0.29) is 10.8 Å². The standard InChI is InChI=1S/C11H14F3NOS/c1-7(2)5-8-3-4-9(11(12,13)14)6-10(8)17(15)16/h3-4,6-7H,5,15H2,1-2H3. The lowest BCUT2D eigenvalue weighted by Gasteiger charge is -2.13. The molecule has 0 aromatic heterocycles. The Bertz CT molecular complexity index is 429. The van der Waals surface area contributed by atoms with Gasteiger partial charge in [0.15, 0.2) is 0 Å². The van der Waals surface area contributed by atoms with E-state index in [0.29, 0.717) is 12.0 Å². The number of halogens is 3. The fourth-order valence-electron chi connectivity index (χ4n) is 1.53. The highest BCUT2D eigenvalue weighted by Gasteiger charge is 2.31. The minimum atomic E-state index is -4.44. The summed E-state index contributed by atoms with van der Waals surface area (Å²) in [5, 5.41) is 5.21. The Kier molecular flexibility index (Phi) is 4.32. The molecule has 0 saturated heterocycles. The molecule has 1 unspecified atom stereocenters. The van der Waals surface area contributed by atoms with Crippen molar-refractivity contribution in [2.75, 3.05) is 0 Å². The minimum absolute atomic E-state index is 0.0634. The van der Waals surface area contributed by atoms with Crippen LogP contribution in [0.2, 0.25) is 0 Å². The van der Waals surface area contributed by atoms with Crippen molar-refractivity contribution in [1.82, 2.24) is 0 Å². The minimum Gasteiger partial charge on any atom is -0.248 e. The van der Waals surface area contributed by atoms with Crippen molar-refractivity contribution in [3.63, 3.8) is 0 Å². The SMILES string of the molecule is CC(C)Cc1ccc(C(F)(F)F)cc1S(N)=O. The monoisotopic (exact) mass is 265 g/mol. The molecule has 17 heavy (non-hydrogen) atoms. The molecule has 96 valence electrons. The van der Waals surface area contributed by atoms with Gasteiger partial charge < -0.3 is 0 Å². The second-order valence-electron chi connectivity index (χ2n) is 4.22. The van der Waals surface area contributed by atoms with E-state index in [9.17, 15) is 17.4 Å². The first kappa shape index (κ1) is 14.2. The van der Waals surface area contributed by atoms with E-state index < -0.39 is 22.7 Å². The maximum absolute atomic E-state index is 12.5. The number of nitrogens with two attached hydrogens (primary N) is 1. The topological polar surface area (TPSA) is 43.1 Å². The van der Waals surface area contributed by atoms with Gasteiger partial charge in [-0.15, -0.1) is 0 Å². The Labute approximate surface area is 101 Å².